The molecule has 2 N–H and O–H groups in total. The van der Waals surface area contributed by atoms with E-state index in [1.165, 1.54) is 25.7 Å². The summed E-state index contributed by atoms with van der Waals surface area (Å²) in [6.07, 6.45) is 12.1. The standard InChI is InChI=1S/C13H22N4S/c14-13(18)10-17(12-4-1-2-5-12)8-3-7-16-9-6-15-11-16/h6,9,11-12H,1-5,7-8,10H2,(H2,14,18). The molecule has 0 radical (unpaired) electrons. The van der Waals surface area contributed by atoms with E-state index in [9.17, 15) is 0 Å². The minimum absolute atomic E-state index is 0.615. The van der Waals surface area contributed by atoms with E-state index in [0.29, 0.717) is 11.0 Å². The zero-order valence-electron chi connectivity index (χ0n) is 10.8. The van der Waals surface area contributed by atoms with Crippen molar-refractivity contribution in [3.05, 3.63) is 18.7 Å². The highest BCUT2D eigenvalue weighted by Gasteiger charge is 2.22. The molecule has 0 amide bonds. The van der Waals surface area contributed by atoms with Crippen molar-refractivity contribution in [3.63, 3.8) is 0 Å². The third-order valence-electron chi connectivity index (χ3n) is 3.62. The highest BCUT2D eigenvalue weighted by atomic mass is 32.1. The Balaban J connectivity index is 1.78. The van der Waals surface area contributed by atoms with Crippen LogP contribution in [0.4, 0.5) is 0 Å². The van der Waals surface area contributed by atoms with Crippen molar-refractivity contribution < 1.29 is 0 Å². The van der Waals surface area contributed by atoms with Crippen molar-refractivity contribution in [1.29, 1.82) is 0 Å². The second-order valence-electron chi connectivity index (χ2n) is 5.03. The second-order valence-corrected chi connectivity index (χ2v) is 5.55. The van der Waals surface area contributed by atoms with Gasteiger partial charge in [-0.25, -0.2) is 4.98 Å². The third kappa shape index (κ3) is 4.07. The van der Waals surface area contributed by atoms with Crippen LogP contribution in [0.25, 0.3) is 0 Å². The predicted octanol–water partition coefficient (Wildman–Crippen LogP) is 1.80. The molecule has 1 aliphatic rings. The second kappa shape index (κ2) is 6.85. The van der Waals surface area contributed by atoms with Crippen LogP contribution in [-0.4, -0.2) is 38.6 Å². The predicted molar refractivity (Wildman–Crippen MR) is 77.5 cm³/mol. The van der Waals surface area contributed by atoms with Gasteiger partial charge >= 0.3 is 0 Å². The van der Waals surface area contributed by atoms with Crippen LogP contribution in [0.15, 0.2) is 18.7 Å². The fraction of sp³-hybridized carbons (Fsp3) is 0.692. The van der Waals surface area contributed by atoms with Gasteiger partial charge in [0.2, 0.25) is 0 Å². The molecule has 1 heterocycles. The number of hydrogen-bond acceptors (Lipinski definition) is 3. The number of imidazole rings is 1. The van der Waals surface area contributed by atoms with Gasteiger partial charge in [0.15, 0.2) is 0 Å². The zero-order valence-corrected chi connectivity index (χ0v) is 11.6. The summed E-state index contributed by atoms with van der Waals surface area (Å²) >= 11 is 5.06. The molecule has 1 saturated carbocycles. The van der Waals surface area contributed by atoms with Gasteiger partial charge in [0.25, 0.3) is 0 Å². The lowest BCUT2D eigenvalue weighted by Gasteiger charge is -2.28. The first-order valence-corrected chi connectivity index (χ1v) is 7.14. The Morgan fingerprint density at radius 2 is 2.22 bits per heavy atom. The molecule has 100 valence electrons. The normalized spacial score (nSPS) is 16.5. The smallest absolute Gasteiger partial charge is 0.0945 e. The molecule has 0 saturated heterocycles. The van der Waals surface area contributed by atoms with Gasteiger partial charge in [-0.2, -0.15) is 0 Å². The molecule has 2 rings (SSSR count). The largest absolute Gasteiger partial charge is 0.392 e. The lowest BCUT2D eigenvalue weighted by atomic mass is 10.2. The molecular formula is C13H22N4S. The number of hydrogen-bond donors (Lipinski definition) is 1. The topological polar surface area (TPSA) is 47.1 Å². The average molecular weight is 266 g/mol. The monoisotopic (exact) mass is 266 g/mol. The van der Waals surface area contributed by atoms with E-state index in [1.807, 2.05) is 18.7 Å². The van der Waals surface area contributed by atoms with E-state index < -0.39 is 0 Å². The van der Waals surface area contributed by atoms with Gasteiger partial charge < -0.3 is 10.3 Å². The molecule has 1 fully saturated rings. The molecular weight excluding hydrogens is 244 g/mol. The molecule has 4 nitrogen and oxygen atoms in total. The van der Waals surface area contributed by atoms with Gasteiger partial charge in [0, 0.05) is 38.1 Å². The Hall–Kier alpha value is -0.940. The average Bonchev–Trinajstić information content (AvgIpc) is 3.00. The van der Waals surface area contributed by atoms with Crippen molar-refractivity contribution in [2.45, 2.75) is 44.7 Å². The number of thiocarbonyl (C=S) groups is 1. The summed E-state index contributed by atoms with van der Waals surface area (Å²) < 4.78 is 2.12. The number of nitrogens with zero attached hydrogens (tertiary/aromatic N) is 3. The Kier molecular flexibility index (Phi) is 5.13. The van der Waals surface area contributed by atoms with Gasteiger partial charge in [-0.1, -0.05) is 25.1 Å². The molecule has 1 aromatic rings. The summed E-state index contributed by atoms with van der Waals surface area (Å²) in [6, 6.07) is 0.689. The third-order valence-corrected chi connectivity index (χ3v) is 3.75. The van der Waals surface area contributed by atoms with Crippen molar-refractivity contribution in [3.8, 4) is 0 Å². The van der Waals surface area contributed by atoms with Crippen molar-refractivity contribution in [1.82, 2.24) is 14.5 Å². The fourth-order valence-electron chi connectivity index (χ4n) is 2.74. The first-order valence-electron chi connectivity index (χ1n) is 6.74. The van der Waals surface area contributed by atoms with Crippen LogP contribution >= 0.6 is 12.2 Å². The van der Waals surface area contributed by atoms with Crippen LogP contribution in [0.3, 0.4) is 0 Å². The molecule has 0 aromatic carbocycles. The quantitative estimate of drug-likeness (QED) is 0.765. The van der Waals surface area contributed by atoms with Crippen molar-refractivity contribution in [2.24, 2.45) is 5.73 Å². The van der Waals surface area contributed by atoms with E-state index >= 15 is 0 Å². The highest BCUT2D eigenvalue weighted by molar-refractivity contribution is 7.80. The van der Waals surface area contributed by atoms with Gasteiger partial charge in [-0.3, -0.25) is 4.90 Å². The first-order chi connectivity index (χ1) is 8.75. The minimum Gasteiger partial charge on any atom is -0.392 e. The molecule has 5 heteroatoms. The summed E-state index contributed by atoms with van der Waals surface area (Å²) in [5, 5.41) is 0. The van der Waals surface area contributed by atoms with Gasteiger partial charge in [0.05, 0.1) is 11.3 Å². The van der Waals surface area contributed by atoms with E-state index in [2.05, 4.69) is 14.5 Å². The molecule has 1 aromatic heterocycles. The van der Waals surface area contributed by atoms with E-state index in [1.54, 1.807) is 0 Å². The zero-order chi connectivity index (χ0) is 12.8. The highest BCUT2D eigenvalue weighted by Crippen LogP contribution is 2.23. The number of nitrogens with two attached hydrogens (primary N) is 1. The molecule has 0 aliphatic heterocycles. The molecule has 1 aliphatic carbocycles. The van der Waals surface area contributed by atoms with Crippen molar-refractivity contribution >= 4 is 17.2 Å². The van der Waals surface area contributed by atoms with E-state index in [4.69, 9.17) is 18.0 Å². The lowest BCUT2D eigenvalue weighted by molar-refractivity contribution is 0.221. The summed E-state index contributed by atoms with van der Waals surface area (Å²) in [4.78, 5) is 7.13. The Morgan fingerprint density at radius 3 is 2.83 bits per heavy atom. The van der Waals surface area contributed by atoms with Gasteiger partial charge in [-0.05, 0) is 19.3 Å². The van der Waals surface area contributed by atoms with Gasteiger partial charge in [-0.15, -0.1) is 0 Å². The Labute approximate surface area is 114 Å². The molecule has 0 atom stereocenters. The molecule has 0 unspecified atom stereocenters. The molecule has 18 heavy (non-hydrogen) atoms. The minimum atomic E-state index is 0.615. The Morgan fingerprint density at radius 1 is 1.44 bits per heavy atom. The van der Waals surface area contributed by atoms with Crippen LogP contribution in [0.2, 0.25) is 0 Å². The molecule has 0 bridgehead atoms. The van der Waals surface area contributed by atoms with Crippen LogP contribution < -0.4 is 5.73 Å². The summed E-state index contributed by atoms with van der Waals surface area (Å²) in [7, 11) is 0. The molecule has 0 spiro atoms. The lowest BCUT2D eigenvalue weighted by Crippen LogP contribution is -2.40. The van der Waals surface area contributed by atoms with E-state index in [0.717, 1.165) is 26.1 Å². The summed E-state index contributed by atoms with van der Waals surface area (Å²) in [5.41, 5.74) is 5.70. The maximum Gasteiger partial charge on any atom is 0.0945 e. The number of aryl methyl sites for hydroxylation is 1. The SMILES string of the molecule is NC(=S)CN(CCCn1ccnc1)C1CCCC1. The maximum atomic E-state index is 5.70. The van der Waals surface area contributed by atoms with E-state index in [-0.39, 0.29) is 0 Å². The summed E-state index contributed by atoms with van der Waals surface area (Å²) in [6.45, 7) is 2.85. The Bertz CT molecular complexity index is 357. The van der Waals surface area contributed by atoms with Crippen LogP contribution in [0, 0.1) is 0 Å². The van der Waals surface area contributed by atoms with Crippen LogP contribution in [0.1, 0.15) is 32.1 Å². The first kappa shape index (κ1) is 13.5. The fourth-order valence-corrected chi connectivity index (χ4v) is 2.90. The van der Waals surface area contributed by atoms with Crippen molar-refractivity contribution in [2.75, 3.05) is 13.1 Å². The number of rotatable bonds is 7. The maximum absolute atomic E-state index is 5.70. The van der Waals surface area contributed by atoms with Crippen LogP contribution in [0.5, 0.6) is 0 Å². The number of aromatic nitrogens is 2. The summed E-state index contributed by atoms with van der Waals surface area (Å²) in [5.74, 6) is 0. The van der Waals surface area contributed by atoms with Crippen LogP contribution in [-0.2, 0) is 6.54 Å². The van der Waals surface area contributed by atoms with Gasteiger partial charge in [0.1, 0.15) is 0 Å².